The van der Waals surface area contributed by atoms with Crippen LogP contribution in [0, 0.1) is 6.92 Å². The maximum Gasteiger partial charge on any atom is 0.290 e. The molecule has 0 saturated heterocycles. The highest BCUT2D eigenvalue weighted by Crippen LogP contribution is 2.21. The third-order valence-corrected chi connectivity index (χ3v) is 4.44. The van der Waals surface area contributed by atoms with Gasteiger partial charge in [0.2, 0.25) is 0 Å². The average Bonchev–Trinajstić information content (AvgIpc) is 3.11. The number of amides is 1. The number of carbonyl (C=O) groups is 1. The number of carbonyl (C=O) groups excluding carboxylic acids is 1. The average molecular weight is 356 g/mol. The van der Waals surface area contributed by atoms with Gasteiger partial charge in [-0.05, 0) is 30.2 Å². The highest BCUT2D eigenvalue weighted by Gasteiger charge is 2.21. The third kappa shape index (κ3) is 3.90. The molecule has 0 aliphatic heterocycles. The summed E-state index contributed by atoms with van der Waals surface area (Å²) in [7, 11) is 0. The molecule has 134 valence electrons. The molecular formula is C23H20N2O2. The molecule has 0 spiro atoms. The minimum absolute atomic E-state index is 0.140. The van der Waals surface area contributed by atoms with Crippen LogP contribution in [0.2, 0.25) is 0 Å². The van der Waals surface area contributed by atoms with E-state index in [-0.39, 0.29) is 5.91 Å². The Bertz CT molecular complexity index is 1010. The number of fused-ring (bicyclic) bond motifs is 1. The van der Waals surface area contributed by atoms with E-state index in [9.17, 15) is 4.79 Å². The van der Waals surface area contributed by atoms with Crippen molar-refractivity contribution in [1.82, 2.24) is 9.88 Å². The summed E-state index contributed by atoms with van der Waals surface area (Å²) in [6.45, 7) is 2.95. The molecule has 27 heavy (non-hydrogen) atoms. The summed E-state index contributed by atoms with van der Waals surface area (Å²) in [6.07, 6.45) is 0. The number of pyridine rings is 1. The SMILES string of the molecule is Cc1ccc2oc(C(=O)N(Cc3ccccc3)Cc3ccccc3)cc2n1. The van der Waals surface area contributed by atoms with E-state index < -0.39 is 0 Å². The van der Waals surface area contributed by atoms with Crippen LogP contribution in [-0.2, 0) is 13.1 Å². The summed E-state index contributed by atoms with van der Waals surface area (Å²) in [6, 6.07) is 25.4. The van der Waals surface area contributed by atoms with Crippen LogP contribution in [0.1, 0.15) is 27.4 Å². The van der Waals surface area contributed by atoms with E-state index in [0.29, 0.717) is 29.9 Å². The molecule has 0 N–H and O–H groups in total. The second-order valence-electron chi connectivity index (χ2n) is 6.58. The standard InChI is InChI=1S/C23H20N2O2/c1-17-12-13-21-20(24-17)14-22(27-21)23(26)25(15-18-8-4-2-5-9-18)16-19-10-6-3-7-11-19/h2-14H,15-16H2,1H3. The minimum atomic E-state index is -0.140. The highest BCUT2D eigenvalue weighted by atomic mass is 16.3. The van der Waals surface area contributed by atoms with Gasteiger partial charge in [-0.3, -0.25) is 4.79 Å². The largest absolute Gasteiger partial charge is 0.449 e. The van der Waals surface area contributed by atoms with Gasteiger partial charge >= 0.3 is 0 Å². The monoisotopic (exact) mass is 356 g/mol. The van der Waals surface area contributed by atoms with Crippen molar-refractivity contribution in [1.29, 1.82) is 0 Å². The first kappa shape index (κ1) is 17.0. The zero-order valence-electron chi connectivity index (χ0n) is 15.1. The zero-order valence-corrected chi connectivity index (χ0v) is 15.1. The Morgan fingerprint density at radius 1 is 0.889 bits per heavy atom. The molecule has 4 nitrogen and oxygen atoms in total. The molecule has 0 aliphatic carbocycles. The van der Waals surface area contributed by atoms with Gasteiger partial charge in [-0.25, -0.2) is 4.98 Å². The molecule has 4 aromatic rings. The van der Waals surface area contributed by atoms with Gasteiger partial charge in [0, 0.05) is 24.8 Å². The molecule has 0 unspecified atom stereocenters. The lowest BCUT2D eigenvalue weighted by atomic mass is 10.1. The molecule has 0 radical (unpaired) electrons. The van der Waals surface area contributed by atoms with Crippen molar-refractivity contribution in [3.05, 3.63) is 101 Å². The van der Waals surface area contributed by atoms with E-state index in [2.05, 4.69) is 4.98 Å². The third-order valence-electron chi connectivity index (χ3n) is 4.44. The van der Waals surface area contributed by atoms with Gasteiger partial charge in [0.25, 0.3) is 5.91 Å². The summed E-state index contributed by atoms with van der Waals surface area (Å²) < 4.78 is 5.79. The van der Waals surface area contributed by atoms with Gasteiger partial charge in [0.15, 0.2) is 11.3 Å². The fraction of sp³-hybridized carbons (Fsp3) is 0.130. The fourth-order valence-corrected chi connectivity index (χ4v) is 3.09. The summed E-state index contributed by atoms with van der Waals surface area (Å²) in [4.78, 5) is 19.5. The topological polar surface area (TPSA) is 46.3 Å². The summed E-state index contributed by atoms with van der Waals surface area (Å²) >= 11 is 0. The van der Waals surface area contributed by atoms with E-state index in [0.717, 1.165) is 16.8 Å². The number of rotatable bonds is 5. The van der Waals surface area contributed by atoms with Gasteiger partial charge in [0.1, 0.15) is 5.52 Å². The molecule has 0 saturated carbocycles. The lowest BCUT2D eigenvalue weighted by Crippen LogP contribution is -2.29. The van der Waals surface area contributed by atoms with Crippen LogP contribution < -0.4 is 0 Å². The van der Waals surface area contributed by atoms with E-state index in [1.54, 1.807) is 11.0 Å². The van der Waals surface area contributed by atoms with E-state index >= 15 is 0 Å². The van der Waals surface area contributed by atoms with Crippen LogP contribution in [0.5, 0.6) is 0 Å². The zero-order chi connectivity index (χ0) is 18.6. The smallest absolute Gasteiger partial charge is 0.290 e. The van der Waals surface area contributed by atoms with Gasteiger partial charge in [-0.2, -0.15) is 0 Å². The second kappa shape index (κ2) is 7.46. The Morgan fingerprint density at radius 2 is 1.48 bits per heavy atom. The molecule has 0 bridgehead atoms. The van der Waals surface area contributed by atoms with Crippen LogP contribution in [-0.4, -0.2) is 15.8 Å². The van der Waals surface area contributed by atoms with Crippen LogP contribution in [0.3, 0.4) is 0 Å². The molecule has 2 aromatic carbocycles. The van der Waals surface area contributed by atoms with Crippen LogP contribution in [0.25, 0.3) is 11.1 Å². The van der Waals surface area contributed by atoms with E-state index in [1.807, 2.05) is 79.7 Å². The molecule has 4 heteroatoms. The van der Waals surface area contributed by atoms with Crippen molar-refractivity contribution in [3.63, 3.8) is 0 Å². The molecule has 2 heterocycles. The number of furan rings is 1. The Morgan fingerprint density at radius 3 is 2.07 bits per heavy atom. The number of hydrogen-bond acceptors (Lipinski definition) is 3. The van der Waals surface area contributed by atoms with Gasteiger partial charge < -0.3 is 9.32 Å². The van der Waals surface area contributed by atoms with Crippen molar-refractivity contribution in [2.24, 2.45) is 0 Å². The first-order chi connectivity index (χ1) is 13.2. The highest BCUT2D eigenvalue weighted by molar-refractivity contribution is 5.95. The molecule has 1 amide bonds. The minimum Gasteiger partial charge on any atom is -0.449 e. The fourth-order valence-electron chi connectivity index (χ4n) is 3.09. The maximum atomic E-state index is 13.2. The molecule has 4 rings (SSSR count). The summed E-state index contributed by atoms with van der Waals surface area (Å²) in [5.74, 6) is 0.174. The second-order valence-corrected chi connectivity index (χ2v) is 6.58. The molecule has 2 aromatic heterocycles. The van der Waals surface area contributed by atoms with E-state index in [1.165, 1.54) is 0 Å². The number of aryl methyl sites for hydroxylation is 1. The predicted octanol–water partition coefficient (Wildman–Crippen LogP) is 4.98. The van der Waals surface area contributed by atoms with Crippen LogP contribution in [0.4, 0.5) is 0 Å². The molecule has 0 aliphatic rings. The summed E-state index contributed by atoms with van der Waals surface area (Å²) in [5, 5.41) is 0. The number of aromatic nitrogens is 1. The number of hydrogen-bond donors (Lipinski definition) is 0. The lowest BCUT2D eigenvalue weighted by Gasteiger charge is -2.22. The Labute approximate surface area is 158 Å². The number of nitrogens with zero attached hydrogens (tertiary/aromatic N) is 2. The van der Waals surface area contributed by atoms with E-state index in [4.69, 9.17) is 4.42 Å². The Hall–Kier alpha value is -3.40. The van der Waals surface area contributed by atoms with Crippen molar-refractivity contribution in [2.45, 2.75) is 20.0 Å². The quantitative estimate of drug-likeness (QED) is 0.507. The number of benzene rings is 2. The lowest BCUT2D eigenvalue weighted by molar-refractivity contribution is 0.0700. The molecular weight excluding hydrogens is 336 g/mol. The van der Waals surface area contributed by atoms with Crippen LogP contribution in [0.15, 0.2) is 83.3 Å². The normalized spacial score (nSPS) is 10.9. The van der Waals surface area contributed by atoms with Crippen molar-refractivity contribution in [3.8, 4) is 0 Å². The summed E-state index contributed by atoms with van der Waals surface area (Å²) in [5.41, 5.74) is 4.38. The van der Waals surface area contributed by atoms with Crippen molar-refractivity contribution in [2.75, 3.05) is 0 Å². The maximum absolute atomic E-state index is 13.2. The van der Waals surface area contributed by atoms with Gasteiger partial charge in [0.05, 0.1) is 0 Å². The Balaban J connectivity index is 1.66. The molecule has 0 fully saturated rings. The van der Waals surface area contributed by atoms with Crippen molar-refractivity contribution >= 4 is 17.0 Å². The van der Waals surface area contributed by atoms with Crippen molar-refractivity contribution < 1.29 is 9.21 Å². The first-order valence-corrected chi connectivity index (χ1v) is 8.93. The first-order valence-electron chi connectivity index (χ1n) is 8.93. The van der Waals surface area contributed by atoms with Gasteiger partial charge in [-0.1, -0.05) is 60.7 Å². The van der Waals surface area contributed by atoms with Crippen LogP contribution >= 0.6 is 0 Å². The predicted molar refractivity (Wildman–Crippen MR) is 105 cm³/mol. The Kier molecular flexibility index (Phi) is 4.71. The van der Waals surface area contributed by atoms with Gasteiger partial charge in [-0.15, -0.1) is 0 Å². The molecule has 0 atom stereocenters.